The Morgan fingerprint density at radius 1 is 1.39 bits per heavy atom. The number of hydrogen-bond donors (Lipinski definition) is 1. The first-order chi connectivity index (χ1) is 8.67. The van der Waals surface area contributed by atoms with Crippen molar-refractivity contribution >= 4 is 0 Å². The number of hydrogen-bond acceptors (Lipinski definition) is 4. The Bertz CT molecular complexity index is 459. The zero-order valence-electron chi connectivity index (χ0n) is 10.8. The molecule has 2 rings (SSSR count). The van der Waals surface area contributed by atoms with Crippen LogP contribution in [0.2, 0.25) is 0 Å². The average molecular weight is 246 g/mol. The van der Waals surface area contributed by atoms with Crippen molar-refractivity contribution in [2.24, 2.45) is 0 Å². The predicted octanol–water partition coefficient (Wildman–Crippen LogP) is 2.09. The van der Waals surface area contributed by atoms with E-state index < -0.39 is 0 Å². The van der Waals surface area contributed by atoms with E-state index in [1.807, 2.05) is 0 Å². The molecule has 0 radical (unpaired) electrons. The number of ether oxygens (including phenoxy) is 2. The standard InChI is InChI=1S/C14H18N2O2/c1-14(6-3-7-16-10-14)18-13-8-11(9-15)4-5-12(13)17-2/h4-5,8,16H,3,6-7,10H2,1-2H3. The van der Waals surface area contributed by atoms with Crippen molar-refractivity contribution in [3.63, 3.8) is 0 Å². The minimum Gasteiger partial charge on any atom is -0.493 e. The Balaban J connectivity index is 2.24. The van der Waals surface area contributed by atoms with Crippen LogP contribution in [0.25, 0.3) is 0 Å². The summed E-state index contributed by atoms with van der Waals surface area (Å²) in [6.07, 6.45) is 2.09. The molecule has 1 atom stereocenters. The van der Waals surface area contributed by atoms with Crippen molar-refractivity contribution in [2.75, 3.05) is 20.2 Å². The lowest BCUT2D eigenvalue weighted by molar-refractivity contribution is 0.0584. The van der Waals surface area contributed by atoms with Crippen molar-refractivity contribution in [1.82, 2.24) is 5.32 Å². The molecule has 0 aliphatic carbocycles. The molecule has 0 bridgehead atoms. The molecule has 0 amide bonds. The van der Waals surface area contributed by atoms with E-state index in [0.29, 0.717) is 17.1 Å². The molecule has 18 heavy (non-hydrogen) atoms. The van der Waals surface area contributed by atoms with Gasteiger partial charge in [-0.2, -0.15) is 5.26 Å². The number of benzene rings is 1. The summed E-state index contributed by atoms with van der Waals surface area (Å²) in [7, 11) is 1.61. The SMILES string of the molecule is COc1ccc(C#N)cc1OC1(C)CCCNC1. The maximum atomic E-state index is 8.94. The van der Waals surface area contributed by atoms with Gasteiger partial charge < -0.3 is 14.8 Å². The predicted molar refractivity (Wildman–Crippen MR) is 68.8 cm³/mol. The van der Waals surface area contributed by atoms with Crippen LogP contribution in [0.15, 0.2) is 18.2 Å². The van der Waals surface area contributed by atoms with Gasteiger partial charge >= 0.3 is 0 Å². The van der Waals surface area contributed by atoms with Crippen molar-refractivity contribution in [1.29, 1.82) is 5.26 Å². The molecular weight excluding hydrogens is 228 g/mol. The summed E-state index contributed by atoms with van der Waals surface area (Å²) in [6, 6.07) is 7.35. The number of nitrogens with one attached hydrogen (secondary N) is 1. The summed E-state index contributed by atoms with van der Waals surface area (Å²) < 4.78 is 11.3. The third-order valence-electron chi connectivity index (χ3n) is 3.21. The molecule has 1 heterocycles. The van der Waals surface area contributed by atoms with Gasteiger partial charge in [-0.15, -0.1) is 0 Å². The van der Waals surface area contributed by atoms with Gasteiger partial charge in [0.25, 0.3) is 0 Å². The fourth-order valence-electron chi connectivity index (χ4n) is 2.21. The van der Waals surface area contributed by atoms with Gasteiger partial charge in [-0.3, -0.25) is 0 Å². The molecule has 1 aromatic carbocycles. The average Bonchev–Trinajstić information content (AvgIpc) is 2.39. The maximum Gasteiger partial charge on any atom is 0.163 e. The second kappa shape index (κ2) is 5.28. The number of methoxy groups -OCH3 is 1. The minimum absolute atomic E-state index is 0.236. The van der Waals surface area contributed by atoms with Gasteiger partial charge in [0.05, 0.1) is 18.7 Å². The van der Waals surface area contributed by atoms with E-state index in [1.165, 1.54) is 0 Å². The molecule has 1 fully saturated rings. The van der Waals surface area contributed by atoms with Gasteiger partial charge in [-0.1, -0.05) is 0 Å². The molecule has 96 valence electrons. The van der Waals surface area contributed by atoms with Crippen LogP contribution in [-0.2, 0) is 0 Å². The molecule has 0 saturated carbocycles. The van der Waals surface area contributed by atoms with Crippen molar-refractivity contribution < 1.29 is 9.47 Å². The van der Waals surface area contributed by atoms with E-state index in [4.69, 9.17) is 14.7 Å². The summed E-state index contributed by atoms with van der Waals surface area (Å²) in [5.41, 5.74) is 0.345. The molecule has 0 spiro atoms. The summed E-state index contributed by atoms with van der Waals surface area (Å²) in [6.45, 7) is 3.93. The van der Waals surface area contributed by atoms with E-state index in [2.05, 4.69) is 18.3 Å². The number of piperidine rings is 1. The highest BCUT2D eigenvalue weighted by molar-refractivity contribution is 5.47. The Hall–Kier alpha value is -1.73. The Morgan fingerprint density at radius 2 is 2.22 bits per heavy atom. The first-order valence-electron chi connectivity index (χ1n) is 6.15. The van der Waals surface area contributed by atoms with Crippen molar-refractivity contribution in [3.05, 3.63) is 23.8 Å². The summed E-state index contributed by atoms with van der Waals surface area (Å²) >= 11 is 0. The van der Waals surface area contributed by atoms with E-state index in [1.54, 1.807) is 25.3 Å². The highest BCUT2D eigenvalue weighted by Crippen LogP contribution is 2.33. The van der Waals surface area contributed by atoms with Gasteiger partial charge in [0.15, 0.2) is 11.5 Å². The quantitative estimate of drug-likeness (QED) is 0.887. The lowest BCUT2D eigenvalue weighted by Crippen LogP contribution is -2.47. The number of rotatable bonds is 3. The highest BCUT2D eigenvalue weighted by atomic mass is 16.5. The third kappa shape index (κ3) is 2.74. The summed E-state index contributed by atoms with van der Waals surface area (Å²) in [4.78, 5) is 0. The number of nitriles is 1. The first-order valence-corrected chi connectivity index (χ1v) is 6.15. The minimum atomic E-state index is -0.236. The molecule has 1 unspecified atom stereocenters. The summed E-state index contributed by atoms with van der Waals surface area (Å²) in [5, 5.41) is 12.3. The Morgan fingerprint density at radius 3 is 2.83 bits per heavy atom. The van der Waals surface area contributed by atoms with Gasteiger partial charge in [0.2, 0.25) is 0 Å². The molecular formula is C14H18N2O2. The van der Waals surface area contributed by atoms with Crippen LogP contribution in [0.1, 0.15) is 25.3 Å². The zero-order valence-corrected chi connectivity index (χ0v) is 10.8. The monoisotopic (exact) mass is 246 g/mol. The van der Waals surface area contributed by atoms with Gasteiger partial charge in [0.1, 0.15) is 5.60 Å². The first kappa shape index (κ1) is 12.7. The fourth-order valence-corrected chi connectivity index (χ4v) is 2.21. The molecule has 1 aliphatic rings. The molecule has 1 saturated heterocycles. The van der Waals surface area contributed by atoms with Crippen LogP contribution in [0.5, 0.6) is 11.5 Å². The van der Waals surface area contributed by atoms with Crippen molar-refractivity contribution in [3.8, 4) is 17.6 Å². The van der Waals surface area contributed by atoms with Crippen LogP contribution >= 0.6 is 0 Å². The third-order valence-corrected chi connectivity index (χ3v) is 3.21. The fraction of sp³-hybridized carbons (Fsp3) is 0.500. The van der Waals surface area contributed by atoms with E-state index in [0.717, 1.165) is 25.9 Å². The second-order valence-corrected chi connectivity index (χ2v) is 4.81. The van der Waals surface area contributed by atoms with Crippen molar-refractivity contribution in [2.45, 2.75) is 25.4 Å². The van der Waals surface area contributed by atoms with E-state index in [-0.39, 0.29) is 5.60 Å². The van der Waals surface area contributed by atoms with E-state index in [9.17, 15) is 0 Å². The van der Waals surface area contributed by atoms with Crippen LogP contribution in [0, 0.1) is 11.3 Å². The number of nitrogens with zero attached hydrogens (tertiary/aromatic N) is 1. The second-order valence-electron chi connectivity index (χ2n) is 4.81. The van der Waals surface area contributed by atoms with Crippen LogP contribution in [0.4, 0.5) is 0 Å². The van der Waals surface area contributed by atoms with Crippen LogP contribution < -0.4 is 14.8 Å². The normalized spacial score (nSPS) is 23.2. The van der Waals surface area contributed by atoms with Crippen LogP contribution in [0.3, 0.4) is 0 Å². The molecule has 1 N–H and O–H groups in total. The lowest BCUT2D eigenvalue weighted by Gasteiger charge is -2.35. The van der Waals surface area contributed by atoms with Gasteiger partial charge in [-0.25, -0.2) is 0 Å². The zero-order chi connectivity index (χ0) is 13.0. The highest BCUT2D eigenvalue weighted by Gasteiger charge is 2.29. The molecule has 4 heteroatoms. The van der Waals surface area contributed by atoms with Crippen LogP contribution in [-0.4, -0.2) is 25.8 Å². The summed E-state index contributed by atoms with van der Waals surface area (Å²) in [5.74, 6) is 1.31. The van der Waals surface area contributed by atoms with Gasteiger partial charge in [0, 0.05) is 12.6 Å². The maximum absolute atomic E-state index is 8.94. The molecule has 0 aromatic heterocycles. The van der Waals surface area contributed by atoms with E-state index >= 15 is 0 Å². The molecule has 1 aromatic rings. The molecule has 1 aliphatic heterocycles. The topological polar surface area (TPSA) is 54.3 Å². The molecule has 4 nitrogen and oxygen atoms in total. The smallest absolute Gasteiger partial charge is 0.163 e. The van der Waals surface area contributed by atoms with Gasteiger partial charge in [-0.05, 0) is 38.4 Å². The lowest BCUT2D eigenvalue weighted by atomic mass is 9.96. The Kier molecular flexibility index (Phi) is 3.73. The largest absolute Gasteiger partial charge is 0.493 e. The Labute approximate surface area is 108 Å².